The van der Waals surface area contributed by atoms with Crippen LogP contribution in [0, 0.1) is 5.92 Å². The molecule has 2 N–H and O–H groups in total. The van der Waals surface area contributed by atoms with Gasteiger partial charge >= 0.3 is 0 Å². The van der Waals surface area contributed by atoms with Crippen molar-refractivity contribution in [1.82, 2.24) is 10.2 Å². The quantitative estimate of drug-likeness (QED) is 0.652. The lowest BCUT2D eigenvalue weighted by Crippen LogP contribution is -2.43. The molecule has 0 aromatic rings. The maximum atomic E-state index is 9.68. The SMILES string of the molecule is CNCC(O)CN1CCCC(COC)C1. The summed E-state index contributed by atoms with van der Waals surface area (Å²) >= 11 is 0. The van der Waals surface area contributed by atoms with Crippen molar-refractivity contribution < 1.29 is 9.84 Å². The van der Waals surface area contributed by atoms with E-state index in [9.17, 15) is 5.11 Å². The number of aliphatic hydroxyl groups is 1. The molecule has 0 amide bonds. The number of nitrogens with one attached hydrogen (secondary N) is 1. The molecule has 0 radical (unpaired) electrons. The first kappa shape index (κ1) is 12.9. The summed E-state index contributed by atoms with van der Waals surface area (Å²) in [4.78, 5) is 2.34. The summed E-state index contributed by atoms with van der Waals surface area (Å²) in [5.74, 6) is 0.644. The van der Waals surface area contributed by atoms with Crippen molar-refractivity contribution >= 4 is 0 Å². The molecule has 0 aromatic carbocycles. The van der Waals surface area contributed by atoms with Crippen LogP contribution >= 0.6 is 0 Å². The van der Waals surface area contributed by atoms with E-state index in [2.05, 4.69) is 10.2 Å². The van der Waals surface area contributed by atoms with Gasteiger partial charge in [0.15, 0.2) is 0 Å². The number of methoxy groups -OCH3 is 1. The molecule has 90 valence electrons. The van der Waals surface area contributed by atoms with Crippen LogP contribution in [0.3, 0.4) is 0 Å². The number of nitrogens with zero attached hydrogens (tertiary/aromatic N) is 1. The fraction of sp³-hybridized carbons (Fsp3) is 1.00. The molecule has 0 aromatic heterocycles. The van der Waals surface area contributed by atoms with Gasteiger partial charge in [0, 0.05) is 26.7 Å². The minimum absolute atomic E-state index is 0.253. The topological polar surface area (TPSA) is 44.7 Å². The largest absolute Gasteiger partial charge is 0.390 e. The summed E-state index contributed by atoms with van der Waals surface area (Å²) in [6.45, 7) is 4.47. The van der Waals surface area contributed by atoms with Gasteiger partial charge < -0.3 is 20.1 Å². The number of aliphatic hydroxyl groups excluding tert-OH is 1. The van der Waals surface area contributed by atoms with E-state index in [1.165, 1.54) is 12.8 Å². The zero-order valence-electron chi connectivity index (χ0n) is 9.91. The minimum atomic E-state index is -0.253. The molecule has 2 unspecified atom stereocenters. The average Bonchev–Trinajstić information content (AvgIpc) is 2.19. The molecule has 1 rings (SSSR count). The number of ether oxygens (including phenoxy) is 1. The van der Waals surface area contributed by atoms with Gasteiger partial charge in [0.1, 0.15) is 0 Å². The van der Waals surface area contributed by atoms with E-state index in [1.807, 2.05) is 7.05 Å². The highest BCUT2D eigenvalue weighted by Gasteiger charge is 2.21. The molecular formula is C11H24N2O2. The molecule has 2 atom stereocenters. The summed E-state index contributed by atoms with van der Waals surface area (Å²) < 4.78 is 5.18. The minimum Gasteiger partial charge on any atom is -0.390 e. The molecule has 1 heterocycles. The van der Waals surface area contributed by atoms with Crippen molar-refractivity contribution in [3.05, 3.63) is 0 Å². The van der Waals surface area contributed by atoms with Gasteiger partial charge in [0.2, 0.25) is 0 Å². The predicted molar refractivity (Wildman–Crippen MR) is 61.0 cm³/mol. The Morgan fingerprint density at radius 2 is 2.40 bits per heavy atom. The van der Waals surface area contributed by atoms with Crippen LogP contribution in [0.15, 0.2) is 0 Å². The molecule has 4 nitrogen and oxygen atoms in total. The monoisotopic (exact) mass is 216 g/mol. The number of likely N-dealkylation sites (tertiary alicyclic amines) is 1. The van der Waals surface area contributed by atoms with Crippen LogP contribution in [0.2, 0.25) is 0 Å². The van der Waals surface area contributed by atoms with Gasteiger partial charge in [-0.1, -0.05) is 0 Å². The lowest BCUT2D eigenvalue weighted by Gasteiger charge is -2.33. The number of rotatable bonds is 6. The Balaban J connectivity index is 2.23. The average molecular weight is 216 g/mol. The zero-order valence-corrected chi connectivity index (χ0v) is 9.91. The van der Waals surface area contributed by atoms with Crippen molar-refractivity contribution in [3.63, 3.8) is 0 Å². The third-order valence-corrected chi connectivity index (χ3v) is 2.91. The molecular weight excluding hydrogens is 192 g/mol. The normalized spacial score (nSPS) is 25.4. The summed E-state index contributed by atoms with van der Waals surface area (Å²) in [7, 11) is 3.63. The third-order valence-electron chi connectivity index (χ3n) is 2.91. The van der Waals surface area contributed by atoms with Crippen LogP contribution in [-0.4, -0.2) is 63.1 Å². The van der Waals surface area contributed by atoms with Crippen LogP contribution in [0.1, 0.15) is 12.8 Å². The summed E-state index contributed by atoms with van der Waals surface area (Å²) in [5.41, 5.74) is 0. The lowest BCUT2D eigenvalue weighted by atomic mass is 9.99. The first-order chi connectivity index (χ1) is 7.26. The Morgan fingerprint density at radius 1 is 1.60 bits per heavy atom. The van der Waals surface area contributed by atoms with Gasteiger partial charge in [0.05, 0.1) is 12.7 Å². The van der Waals surface area contributed by atoms with E-state index in [0.717, 1.165) is 26.2 Å². The van der Waals surface area contributed by atoms with E-state index in [0.29, 0.717) is 12.5 Å². The second kappa shape index (κ2) is 7.17. The number of β-amino-alcohol motifs (C(OH)–C–C–N with tert-alkyl or cyclic N) is 1. The Kier molecular flexibility index (Phi) is 6.17. The van der Waals surface area contributed by atoms with E-state index in [4.69, 9.17) is 4.74 Å². The van der Waals surface area contributed by atoms with Crippen LogP contribution in [0.4, 0.5) is 0 Å². The van der Waals surface area contributed by atoms with Crippen molar-refractivity contribution in [2.24, 2.45) is 5.92 Å². The fourth-order valence-electron chi connectivity index (χ4n) is 2.29. The summed E-state index contributed by atoms with van der Waals surface area (Å²) in [5, 5.41) is 12.7. The van der Waals surface area contributed by atoms with E-state index < -0.39 is 0 Å². The molecule has 0 saturated carbocycles. The molecule has 15 heavy (non-hydrogen) atoms. The molecule has 1 aliphatic heterocycles. The summed E-state index contributed by atoms with van der Waals surface area (Å²) in [6, 6.07) is 0. The number of likely N-dealkylation sites (N-methyl/N-ethyl adjacent to an activating group) is 1. The number of hydrogen-bond acceptors (Lipinski definition) is 4. The Labute approximate surface area is 92.6 Å². The highest BCUT2D eigenvalue weighted by atomic mass is 16.5. The molecule has 1 fully saturated rings. The molecule has 1 saturated heterocycles. The van der Waals surface area contributed by atoms with Crippen molar-refractivity contribution in [3.8, 4) is 0 Å². The predicted octanol–water partition coefficient (Wildman–Crippen LogP) is -0.0749. The van der Waals surface area contributed by atoms with Gasteiger partial charge in [-0.05, 0) is 32.4 Å². The molecule has 4 heteroatoms. The smallest absolute Gasteiger partial charge is 0.0791 e. The zero-order chi connectivity index (χ0) is 11.1. The standard InChI is InChI=1S/C11H24N2O2/c1-12-6-11(14)8-13-5-3-4-10(7-13)9-15-2/h10-12,14H,3-9H2,1-2H3. The van der Waals surface area contributed by atoms with Crippen LogP contribution < -0.4 is 5.32 Å². The van der Waals surface area contributed by atoms with Crippen LogP contribution in [0.25, 0.3) is 0 Å². The molecule has 0 spiro atoms. The highest BCUT2D eigenvalue weighted by Crippen LogP contribution is 2.16. The molecule has 0 bridgehead atoms. The van der Waals surface area contributed by atoms with Crippen molar-refractivity contribution in [2.75, 3.05) is 46.9 Å². The Bertz CT molecular complexity index is 163. The van der Waals surface area contributed by atoms with Crippen molar-refractivity contribution in [1.29, 1.82) is 0 Å². The lowest BCUT2D eigenvalue weighted by molar-refractivity contribution is 0.0571. The van der Waals surface area contributed by atoms with Crippen molar-refractivity contribution in [2.45, 2.75) is 18.9 Å². The first-order valence-corrected chi connectivity index (χ1v) is 5.80. The first-order valence-electron chi connectivity index (χ1n) is 5.80. The maximum Gasteiger partial charge on any atom is 0.0791 e. The third kappa shape index (κ3) is 4.93. The van der Waals surface area contributed by atoms with Gasteiger partial charge in [-0.15, -0.1) is 0 Å². The van der Waals surface area contributed by atoms with E-state index in [1.54, 1.807) is 7.11 Å². The van der Waals surface area contributed by atoms with Gasteiger partial charge in [0.25, 0.3) is 0 Å². The maximum absolute atomic E-state index is 9.68. The number of hydrogen-bond donors (Lipinski definition) is 2. The molecule has 1 aliphatic rings. The number of piperidine rings is 1. The van der Waals surface area contributed by atoms with Gasteiger partial charge in [-0.2, -0.15) is 0 Å². The Hall–Kier alpha value is -0.160. The fourth-order valence-corrected chi connectivity index (χ4v) is 2.29. The second-order valence-corrected chi connectivity index (χ2v) is 4.43. The van der Waals surface area contributed by atoms with Crippen LogP contribution in [-0.2, 0) is 4.74 Å². The van der Waals surface area contributed by atoms with Gasteiger partial charge in [-0.25, -0.2) is 0 Å². The highest BCUT2D eigenvalue weighted by molar-refractivity contribution is 4.75. The van der Waals surface area contributed by atoms with Crippen LogP contribution in [0.5, 0.6) is 0 Å². The van der Waals surface area contributed by atoms with E-state index in [-0.39, 0.29) is 6.10 Å². The van der Waals surface area contributed by atoms with Gasteiger partial charge in [-0.3, -0.25) is 0 Å². The van der Waals surface area contributed by atoms with E-state index >= 15 is 0 Å². The second-order valence-electron chi connectivity index (χ2n) is 4.43. The Morgan fingerprint density at radius 3 is 3.07 bits per heavy atom. The molecule has 0 aliphatic carbocycles. The summed E-state index contributed by atoms with van der Waals surface area (Å²) in [6.07, 6.45) is 2.23.